The molecular weight excluding hydrogens is 352 g/mol. The predicted molar refractivity (Wildman–Crippen MR) is 91.0 cm³/mol. The molecule has 6 nitrogen and oxygen atoms in total. The van der Waals surface area contributed by atoms with Crippen LogP contribution < -0.4 is 0 Å². The molecular formula is C16H20O6S2. The predicted octanol–water partition coefficient (Wildman–Crippen LogP) is 2.83. The summed E-state index contributed by atoms with van der Waals surface area (Å²) in [5, 5.41) is 0. The lowest BCUT2D eigenvalue weighted by atomic mass is 10.2. The van der Waals surface area contributed by atoms with Crippen LogP contribution in [0.5, 0.6) is 0 Å². The molecule has 1 N–H and O–H groups in total. The molecule has 0 aliphatic rings. The zero-order chi connectivity index (χ0) is 18.4. The lowest BCUT2D eigenvalue weighted by Crippen LogP contribution is -2.02. The Balaban J connectivity index is 0.000000240. The molecule has 0 spiro atoms. The summed E-state index contributed by atoms with van der Waals surface area (Å²) in [7, 11) is -6.39. The van der Waals surface area contributed by atoms with Crippen LogP contribution in [-0.4, -0.2) is 28.5 Å². The van der Waals surface area contributed by atoms with Gasteiger partial charge in [-0.2, -0.15) is 16.8 Å². The highest BCUT2D eigenvalue weighted by Crippen LogP contribution is 2.11. The van der Waals surface area contributed by atoms with Gasteiger partial charge in [0.1, 0.15) is 0 Å². The van der Waals surface area contributed by atoms with Crippen molar-refractivity contribution in [3.63, 3.8) is 0 Å². The lowest BCUT2D eigenvalue weighted by molar-refractivity contribution is 0.397. The van der Waals surface area contributed by atoms with Crippen molar-refractivity contribution in [2.24, 2.45) is 0 Å². The number of benzene rings is 2. The van der Waals surface area contributed by atoms with Crippen LogP contribution in [0.1, 0.15) is 18.1 Å². The second-order valence-corrected chi connectivity index (χ2v) is 8.04. The maximum Gasteiger partial charge on any atom is 0.296 e. The topological polar surface area (TPSA) is 97.7 Å². The fourth-order valence-electron chi connectivity index (χ4n) is 1.70. The molecule has 132 valence electrons. The van der Waals surface area contributed by atoms with E-state index in [1.54, 1.807) is 24.3 Å². The third-order valence-electron chi connectivity index (χ3n) is 3.16. The van der Waals surface area contributed by atoms with E-state index in [4.69, 9.17) is 4.55 Å². The molecule has 8 heteroatoms. The summed E-state index contributed by atoms with van der Waals surface area (Å²) in [5.41, 5.74) is 2.06. The van der Waals surface area contributed by atoms with Gasteiger partial charge in [-0.25, -0.2) is 0 Å². The Morgan fingerprint density at radius 3 is 1.71 bits per heavy atom. The van der Waals surface area contributed by atoms with Gasteiger partial charge in [0.25, 0.3) is 20.2 Å². The summed E-state index contributed by atoms with van der Waals surface area (Å²) in [6, 6.07) is 12.7. The average molecular weight is 372 g/mol. The van der Waals surface area contributed by atoms with Gasteiger partial charge in [0.05, 0.1) is 16.9 Å². The van der Waals surface area contributed by atoms with Crippen molar-refractivity contribution in [3.05, 3.63) is 59.7 Å². The Bertz CT molecular complexity index is 852. The van der Waals surface area contributed by atoms with Crippen LogP contribution in [0, 0.1) is 6.92 Å². The molecule has 0 heterocycles. The maximum atomic E-state index is 11.1. The van der Waals surface area contributed by atoms with Crippen molar-refractivity contribution in [3.8, 4) is 0 Å². The zero-order valence-corrected chi connectivity index (χ0v) is 15.3. The number of aryl methyl sites for hydroxylation is 2. The molecule has 0 saturated carbocycles. The lowest BCUT2D eigenvalue weighted by Gasteiger charge is -2.00. The van der Waals surface area contributed by atoms with Gasteiger partial charge in [-0.15, -0.1) is 0 Å². The minimum Gasteiger partial charge on any atom is -0.282 e. The van der Waals surface area contributed by atoms with E-state index in [0.717, 1.165) is 24.7 Å². The standard InChI is InChI=1S/2C8H10O3S/c1-7-3-5-8(6-4-7)12(9,10)11-2;1-2-7-3-5-8(6-4-7)12(9,10)11/h3-6H,1-2H3;3-6H,2H2,1H3,(H,9,10,11). The number of rotatable bonds is 4. The monoisotopic (exact) mass is 372 g/mol. The molecule has 0 aromatic heterocycles. The summed E-state index contributed by atoms with van der Waals surface area (Å²) in [4.78, 5) is 0.135. The number of hydrogen-bond acceptors (Lipinski definition) is 5. The molecule has 0 radical (unpaired) electrons. The third-order valence-corrected chi connectivity index (χ3v) is 5.31. The third kappa shape index (κ3) is 6.04. The molecule has 0 aliphatic heterocycles. The Morgan fingerprint density at radius 2 is 1.33 bits per heavy atom. The highest BCUT2D eigenvalue weighted by atomic mass is 32.2. The van der Waals surface area contributed by atoms with Gasteiger partial charge in [-0.3, -0.25) is 8.74 Å². The van der Waals surface area contributed by atoms with Crippen LogP contribution in [0.25, 0.3) is 0 Å². The van der Waals surface area contributed by atoms with Crippen LogP contribution in [0.3, 0.4) is 0 Å². The largest absolute Gasteiger partial charge is 0.296 e. The van der Waals surface area contributed by atoms with E-state index in [0.29, 0.717) is 0 Å². The molecule has 24 heavy (non-hydrogen) atoms. The molecule has 0 saturated heterocycles. The van der Waals surface area contributed by atoms with E-state index in [2.05, 4.69) is 4.18 Å². The average Bonchev–Trinajstić information content (AvgIpc) is 2.55. The first-order valence-corrected chi connectivity index (χ1v) is 9.88. The molecule has 2 rings (SSSR count). The second kappa shape index (κ2) is 8.39. The van der Waals surface area contributed by atoms with Crippen molar-refractivity contribution < 1.29 is 25.6 Å². The van der Waals surface area contributed by atoms with Crippen LogP contribution in [0.15, 0.2) is 58.3 Å². The molecule has 0 amide bonds. The highest BCUT2D eigenvalue weighted by molar-refractivity contribution is 7.86. The van der Waals surface area contributed by atoms with Gasteiger partial charge in [0.15, 0.2) is 0 Å². The first-order chi connectivity index (χ1) is 11.1. The Kier molecular flexibility index (Phi) is 7.09. The SMILES string of the molecule is CCc1ccc(S(=O)(=O)O)cc1.COS(=O)(=O)c1ccc(C)cc1. The van der Waals surface area contributed by atoms with Crippen LogP contribution in [0.4, 0.5) is 0 Å². The summed E-state index contributed by atoms with van der Waals surface area (Å²) in [5.74, 6) is 0. The Hall–Kier alpha value is -1.74. The van der Waals surface area contributed by atoms with Gasteiger partial charge in [0, 0.05) is 0 Å². The Labute approximate surface area is 143 Å². The summed E-state index contributed by atoms with van der Waals surface area (Å²) < 4.78 is 56.3. The molecule has 0 unspecified atom stereocenters. The van der Waals surface area contributed by atoms with Crippen molar-refractivity contribution in [1.82, 2.24) is 0 Å². The minimum absolute atomic E-state index is 0.0558. The van der Waals surface area contributed by atoms with Crippen LogP contribution in [-0.2, 0) is 30.8 Å². The summed E-state index contributed by atoms with van der Waals surface area (Å²) in [6.45, 7) is 3.87. The van der Waals surface area contributed by atoms with E-state index in [1.807, 2.05) is 13.8 Å². The fraction of sp³-hybridized carbons (Fsp3) is 0.250. The minimum atomic E-state index is -4.03. The summed E-state index contributed by atoms with van der Waals surface area (Å²) in [6.07, 6.45) is 0.853. The molecule has 0 bridgehead atoms. The molecule has 0 atom stereocenters. The molecule has 0 fully saturated rings. The Morgan fingerprint density at radius 1 is 0.875 bits per heavy atom. The number of hydrogen-bond donors (Lipinski definition) is 1. The smallest absolute Gasteiger partial charge is 0.282 e. The van der Waals surface area contributed by atoms with Crippen molar-refractivity contribution in [1.29, 1.82) is 0 Å². The van der Waals surface area contributed by atoms with Crippen LogP contribution >= 0.6 is 0 Å². The molecule has 0 aliphatic carbocycles. The summed E-state index contributed by atoms with van der Waals surface area (Å²) >= 11 is 0. The van der Waals surface area contributed by atoms with Gasteiger partial charge in [-0.1, -0.05) is 36.8 Å². The van der Waals surface area contributed by atoms with Crippen molar-refractivity contribution in [2.45, 2.75) is 30.1 Å². The van der Waals surface area contributed by atoms with Crippen molar-refractivity contribution in [2.75, 3.05) is 7.11 Å². The normalized spacial score (nSPS) is 11.5. The van der Waals surface area contributed by atoms with E-state index in [-0.39, 0.29) is 9.79 Å². The van der Waals surface area contributed by atoms with Gasteiger partial charge in [0.2, 0.25) is 0 Å². The molecule has 2 aromatic carbocycles. The van der Waals surface area contributed by atoms with Gasteiger partial charge >= 0.3 is 0 Å². The first-order valence-electron chi connectivity index (χ1n) is 7.04. The van der Waals surface area contributed by atoms with E-state index >= 15 is 0 Å². The van der Waals surface area contributed by atoms with E-state index in [1.165, 1.54) is 24.3 Å². The maximum absolute atomic E-state index is 11.1. The van der Waals surface area contributed by atoms with Gasteiger partial charge in [-0.05, 0) is 43.2 Å². The van der Waals surface area contributed by atoms with E-state index < -0.39 is 20.2 Å². The fourth-order valence-corrected chi connectivity index (χ4v) is 2.84. The zero-order valence-electron chi connectivity index (χ0n) is 13.6. The van der Waals surface area contributed by atoms with Crippen molar-refractivity contribution >= 4 is 20.2 Å². The van der Waals surface area contributed by atoms with Crippen LogP contribution in [0.2, 0.25) is 0 Å². The second-order valence-electron chi connectivity index (χ2n) is 4.91. The quantitative estimate of drug-likeness (QED) is 0.655. The first kappa shape index (κ1) is 20.3. The van der Waals surface area contributed by atoms with Gasteiger partial charge < -0.3 is 0 Å². The van der Waals surface area contributed by atoms with E-state index in [9.17, 15) is 16.8 Å². The highest BCUT2D eigenvalue weighted by Gasteiger charge is 2.11. The molecule has 2 aromatic rings.